The largest absolute Gasteiger partial charge is 0.351 e. The van der Waals surface area contributed by atoms with E-state index < -0.39 is 11.8 Å². The van der Waals surface area contributed by atoms with Crippen molar-refractivity contribution in [1.29, 1.82) is 0 Å². The number of hydrogen-bond acceptors (Lipinski definition) is 3. The fourth-order valence-corrected chi connectivity index (χ4v) is 1.66. The molecule has 0 aliphatic heterocycles. The van der Waals surface area contributed by atoms with Crippen LogP contribution in [0.4, 0.5) is 5.69 Å². The Morgan fingerprint density at radius 1 is 1.10 bits per heavy atom. The molecular weight excluding hydrogens is 258 g/mol. The van der Waals surface area contributed by atoms with Crippen LogP contribution in [0.25, 0.3) is 0 Å². The lowest BCUT2D eigenvalue weighted by Crippen LogP contribution is -2.41. The SMILES string of the molecule is CNC(=O)C(=O)NCC(=O)Nc1ccccc1C(C)C. The molecule has 1 rings (SSSR count). The third kappa shape index (κ3) is 4.38. The standard InChI is InChI=1S/C14H19N3O3/c1-9(2)10-6-4-5-7-11(10)17-12(18)8-16-14(20)13(19)15-3/h4-7,9H,8H2,1-3H3,(H,15,19)(H,16,20)(H,17,18). The molecule has 0 unspecified atom stereocenters. The molecule has 0 aliphatic rings. The van der Waals surface area contributed by atoms with Crippen molar-refractivity contribution in [1.82, 2.24) is 10.6 Å². The van der Waals surface area contributed by atoms with Gasteiger partial charge in [-0.3, -0.25) is 14.4 Å². The smallest absolute Gasteiger partial charge is 0.309 e. The third-order valence-electron chi connectivity index (χ3n) is 2.70. The van der Waals surface area contributed by atoms with E-state index in [0.29, 0.717) is 5.69 Å². The predicted molar refractivity (Wildman–Crippen MR) is 76.2 cm³/mol. The minimum absolute atomic E-state index is 0.251. The highest BCUT2D eigenvalue weighted by molar-refractivity contribution is 6.35. The van der Waals surface area contributed by atoms with Crippen LogP contribution in [0.5, 0.6) is 0 Å². The van der Waals surface area contributed by atoms with Crippen LogP contribution in [0.1, 0.15) is 25.3 Å². The maximum absolute atomic E-state index is 11.7. The molecule has 0 heterocycles. The summed E-state index contributed by atoms with van der Waals surface area (Å²) in [6.07, 6.45) is 0. The summed E-state index contributed by atoms with van der Waals surface area (Å²) in [4.78, 5) is 33.9. The lowest BCUT2D eigenvalue weighted by atomic mass is 10.0. The molecule has 1 aromatic carbocycles. The van der Waals surface area contributed by atoms with Crippen molar-refractivity contribution in [3.8, 4) is 0 Å². The molecule has 0 bridgehead atoms. The summed E-state index contributed by atoms with van der Waals surface area (Å²) in [5, 5.41) is 7.14. The Morgan fingerprint density at radius 3 is 2.35 bits per heavy atom. The second-order valence-electron chi connectivity index (χ2n) is 4.55. The molecule has 6 nitrogen and oxygen atoms in total. The monoisotopic (exact) mass is 277 g/mol. The zero-order valence-corrected chi connectivity index (χ0v) is 11.8. The number of rotatable bonds is 4. The van der Waals surface area contributed by atoms with Gasteiger partial charge in [-0.15, -0.1) is 0 Å². The molecule has 0 aromatic heterocycles. The number of benzene rings is 1. The average molecular weight is 277 g/mol. The molecule has 3 amide bonds. The van der Waals surface area contributed by atoms with Gasteiger partial charge < -0.3 is 16.0 Å². The van der Waals surface area contributed by atoms with E-state index >= 15 is 0 Å². The van der Waals surface area contributed by atoms with Crippen molar-refractivity contribution < 1.29 is 14.4 Å². The number of nitrogens with one attached hydrogen (secondary N) is 3. The quantitative estimate of drug-likeness (QED) is 0.705. The van der Waals surface area contributed by atoms with E-state index in [0.717, 1.165) is 5.56 Å². The average Bonchev–Trinajstić information content (AvgIpc) is 2.44. The van der Waals surface area contributed by atoms with E-state index in [1.807, 2.05) is 32.0 Å². The second-order valence-corrected chi connectivity index (χ2v) is 4.55. The van der Waals surface area contributed by atoms with Crippen LogP contribution in [0.15, 0.2) is 24.3 Å². The molecule has 0 spiro atoms. The molecule has 0 fully saturated rings. The number of hydrogen-bond donors (Lipinski definition) is 3. The van der Waals surface area contributed by atoms with Gasteiger partial charge in [-0.05, 0) is 17.5 Å². The zero-order chi connectivity index (χ0) is 15.1. The highest BCUT2D eigenvalue weighted by Crippen LogP contribution is 2.23. The number of amides is 3. The van der Waals surface area contributed by atoms with Gasteiger partial charge >= 0.3 is 11.8 Å². The van der Waals surface area contributed by atoms with Crippen molar-refractivity contribution in [2.45, 2.75) is 19.8 Å². The van der Waals surface area contributed by atoms with Crippen LogP contribution < -0.4 is 16.0 Å². The fourth-order valence-electron chi connectivity index (χ4n) is 1.66. The topological polar surface area (TPSA) is 87.3 Å². The summed E-state index contributed by atoms with van der Waals surface area (Å²) in [5.41, 5.74) is 1.72. The molecule has 6 heteroatoms. The first kappa shape index (κ1) is 15.7. The van der Waals surface area contributed by atoms with Crippen LogP contribution >= 0.6 is 0 Å². The lowest BCUT2D eigenvalue weighted by Gasteiger charge is -2.13. The van der Waals surface area contributed by atoms with Crippen LogP contribution in [0.3, 0.4) is 0 Å². The summed E-state index contributed by atoms with van der Waals surface area (Å²) in [5.74, 6) is -1.72. The molecule has 0 radical (unpaired) electrons. The Hall–Kier alpha value is -2.37. The number of likely N-dealkylation sites (N-methyl/N-ethyl adjacent to an activating group) is 1. The van der Waals surface area contributed by atoms with Gasteiger partial charge in [-0.1, -0.05) is 32.0 Å². The van der Waals surface area contributed by atoms with Crippen molar-refractivity contribution in [2.75, 3.05) is 18.9 Å². The van der Waals surface area contributed by atoms with E-state index in [9.17, 15) is 14.4 Å². The van der Waals surface area contributed by atoms with Gasteiger partial charge in [0.2, 0.25) is 5.91 Å². The van der Waals surface area contributed by atoms with Crippen LogP contribution in [-0.4, -0.2) is 31.3 Å². The Kier molecular flexibility index (Phi) is 5.71. The van der Waals surface area contributed by atoms with Gasteiger partial charge in [-0.2, -0.15) is 0 Å². The van der Waals surface area contributed by atoms with Gasteiger partial charge in [0.1, 0.15) is 0 Å². The molecule has 20 heavy (non-hydrogen) atoms. The van der Waals surface area contributed by atoms with Gasteiger partial charge in [-0.25, -0.2) is 0 Å². The predicted octanol–water partition coefficient (Wildman–Crippen LogP) is 0.611. The van der Waals surface area contributed by atoms with Gasteiger partial charge in [0.15, 0.2) is 0 Å². The Bertz CT molecular complexity index is 512. The fraction of sp³-hybridized carbons (Fsp3) is 0.357. The van der Waals surface area contributed by atoms with Crippen LogP contribution in [0.2, 0.25) is 0 Å². The number of anilines is 1. The van der Waals surface area contributed by atoms with Crippen molar-refractivity contribution in [3.63, 3.8) is 0 Å². The normalized spacial score (nSPS) is 10.0. The highest BCUT2D eigenvalue weighted by atomic mass is 16.2. The second kappa shape index (κ2) is 7.28. The molecule has 1 aromatic rings. The zero-order valence-electron chi connectivity index (χ0n) is 11.8. The molecule has 3 N–H and O–H groups in total. The Balaban J connectivity index is 2.59. The molecule has 0 atom stereocenters. The highest BCUT2D eigenvalue weighted by Gasteiger charge is 2.13. The van der Waals surface area contributed by atoms with E-state index in [4.69, 9.17) is 0 Å². The van der Waals surface area contributed by atoms with Gasteiger partial charge in [0, 0.05) is 12.7 Å². The summed E-state index contributed by atoms with van der Waals surface area (Å²) in [7, 11) is 1.35. The molecular formula is C14H19N3O3. The molecule has 0 aliphatic carbocycles. The van der Waals surface area contributed by atoms with Crippen LogP contribution in [0, 0.1) is 0 Å². The van der Waals surface area contributed by atoms with Crippen molar-refractivity contribution in [3.05, 3.63) is 29.8 Å². The first-order chi connectivity index (χ1) is 9.45. The van der Waals surface area contributed by atoms with Crippen molar-refractivity contribution in [2.24, 2.45) is 0 Å². The van der Waals surface area contributed by atoms with Crippen molar-refractivity contribution >= 4 is 23.4 Å². The molecule has 0 saturated carbocycles. The van der Waals surface area contributed by atoms with Gasteiger partial charge in [0.25, 0.3) is 0 Å². The number of carbonyl (C=O) groups is 3. The van der Waals surface area contributed by atoms with E-state index in [1.165, 1.54) is 7.05 Å². The minimum atomic E-state index is -0.834. The van der Waals surface area contributed by atoms with E-state index in [2.05, 4.69) is 16.0 Å². The Morgan fingerprint density at radius 2 is 1.75 bits per heavy atom. The minimum Gasteiger partial charge on any atom is -0.351 e. The van der Waals surface area contributed by atoms with Gasteiger partial charge in [0.05, 0.1) is 6.54 Å². The number of carbonyl (C=O) groups excluding carboxylic acids is 3. The molecule has 0 saturated heterocycles. The first-order valence-electron chi connectivity index (χ1n) is 6.34. The molecule has 108 valence electrons. The summed E-state index contributed by atoms with van der Waals surface area (Å²) in [6.45, 7) is 3.80. The van der Waals surface area contributed by atoms with E-state index in [-0.39, 0.29) is 18.4 Å². The Labute approximate surface area is 117 Å². The summed E-state index contributed by atoms with van der Waals surface area (Å²) < 4.78 is 0. The van der Waals surface area contributed by atoms with E-state index in [1.54, 1.807) is 6.07 Å². The number of para-hydroxylation sites is 1. The summed E-state index contributed by atoms with van der Waals surface area (Å²) >= 11 is 0. The first-order valence-corrected chi connectivity index (χ1v) is 6.34. The summed E-state index contributed by atoms with van der Waals surface area (Å²) in [6, 6.07) is 7.46. The maximum Gasteiger partial charge on any atom is 0.309 e. The van der Waals surface area contributed by atoms with Crippen LogP contribution in [-0.2, 0) is 14.4 Å². The lowest BCUT2D eigenvalue weighted by molar-refractivity contribution is -0.139. The maximum atomic E-state index is 11.7. The third-order valence-corrected chi connectivity index (χ3v) is 2.70.